The second-order valence-corrected chi connectivity index (χ2v) is 4.28. The van der Waals surface area contributed by atoms with Gasteiger partial charge in [0.2, 0.25) is 0 Å². The molecule has 0 aromatic heterocycles. The molecule has 0 radical (unpaired) electrons. The van der Waals surface area contributed by atoms with Crippen LogP contribution in [0, 0.1) is 11.8 Å². The molecule has 0 amide bonds. The smallest absolute Gasteiger partial charge is 0.0518 e. The summed E-state index contributed by atoms with van der Waals surface area (Å²) >= 11 is 0. The van der Waals surface area contributed by atoms with Crippen molar-refractivity contribution in [3.63, 3.8) is 0 Å². The van der Waals surface area contributed by atoms with E-state index in [-0.39, 0.29) is 0 Å². The van der Waals surface area contributed by atoms with E-state index in [1.54, 1.807) is 0 Å². The van der Waals surface area contributed by atoms with E-state index < -0.39 is 0 Å². The summed E-state index contributed by atoms with van der Waals surface area (Å²) in [5, 5.41) is 0. The van der Waals surface area contributed by atoms with Crippen LogP contribution in [0.1, 0.15) is 47.5 Å². The van der Waals surface area contributed by atoms with Crippen LogP contribution in [0.3, 0.4) is 0 Å². The molecule has 1 atom stereocenters. The molecule has 0 bridgehead atoms. The second-order valence-electron chi connectivity index (χ2n) is 4.28. The Balaban J connectivity index is 3.20. The first-order valence-corrected chi connectivity index (χ1v) is 5.15. The van der Waals surface area contributed by atoms with Gasteiger partial charge in [-0.25, -0.2) is 0 Å². The molecule has 74 valence electrons. The van der Waals surface area contributed by atoms with E-state index in [9.17, 15) is 0 Å². The maximum atomic E-state index is 5.47. The van der Waals surface area contributed by atoms with Gasteiger partial charge in [-0.2, -0.15) is 0 Å². The molecular formula is C11H24O. The lowest BCUT2D eigenvalue weighted by molar-refractivity contribution is 0.0728. The van der Waals surface area contributed by atoms with Gasteiger partial charge in [-0.15, -0.1) is 0 Å². The normalized spacial score (nSPS) is 14.2. The molecule has 0 aliphatic rings. The standard InChI is InChI=1S/C11H24O/c1-9(2)11(5)7-6-8-12-10(3)4/h9-11H,6-8H2,1-5H3. The van der Waals surface area contributed by atoms with E-state index in [4.69, 9.17) is 4.74 Å². The van der Waals surface area contributed by atoms with Gasteiger partial charge in [-0.3, -0.25) is 0 Å². The summed E-state index contributed by atoms with van der Waals surface area (Å²) in [5.74, 6) is 1.64. The highest BCUT2D eigenvalue weighted by Crippen LogP contribution is 2.15. The molecule has 1 unspecified atom stereocenters. The lowest BCUT2D eigenvalue weighted by Crippen LogP contribution is -2.08. The van der Waals surface area contributed by atoms with Crippen molar-refractivity contribution >= 4 is 0 Å². The summed E-state index contributed by atoms with van der Waals surface area (Å²) in [7, 11) is 0. The topological polar surface area (TPSA) is 9.23 Å². The predicted molar refractivity (Wildman–Crippen MR) is 54.3 cm³/mol. The van der Waals surface area contributed by atoms with E-state index in [1.807, 2.05) is 0 Å². The fourth-order valence-corrected chi connectivity index (χ4v) is 1.06. The van der Waals surface area contributed by atoms with Gasteiger partial charge in [0.1, 0.15) is 0 Å². The number of hydrogen-bond donors (Lipinski definition) is 0. The van der Waals surface area contributed by atoms with Crippen LogP contribution in [-0.4, -0.2) is 12.7 Å². The van der Waals surface area contributed by atoms with Gasteiger partial charge in [-0.05, 0) is 38.5 Å². The first-order valence-electron chi connectivity index (χ1n) is 5.15. The van der Waals surface area contributed by atoms with E-state index in [2.05, 4.69) is 34.6 Å². The van der Waals surface area contributed by atoms with Crippen molar-refractivity contribution in [2.24, 2.45) is 11.8 Å². The van der Waals surface area contributed by atoms with Crippen molar-refractivity contribution in [1.29, 1.82) is 0 Å². The Labute approximate surface area is 77.5 Å². The van der Waals surface area contributed by atoms with Gasteiger partial charge in [0.05, 0.1) is 6.10 Å². The quantitative estimate of drug-likeness (QED) is 0.557. The molecule has 0 saturated heterocycles. The van der Waals surface area contributed by atoms with Crippen LogP contribution in [0.2, 0.25) is 0 Å². The minimum Gasteiger partial charge on any atom is -0.379 e. The average molecular weight is 172 g/mol. The van der Waals surface area contributed by atoms with Crippen molar-refractivity contribution in [2.45, 2.75) is 53.6 Å². The molecule has 0 aromatic rings. The van der Waals surface area contributed by atoms with Gasteiger partial charge in [0, 0.05) is 6.61 Å². The Morgan fingerprint density at radius 2 is 1.58 bits per heavy atom. The third kappa shape index (κ3) is 6.66. The van der Waals surface area contributed by atoms with Gasteiger partial charge < -0.3 is 4.74 Å². The Kier molecular flexibility index (Phi) is 6.45. The first kappa shape index (κ1) is 12.0. The first-order chi connectivity index (χ1) is 5.54. The molecule has 0 fully saturated rings. The zero-order valence-corrected chi connectivity index (χ0v) is 9.26. The molecule has 0 aliphatic heterocycles. The minimum atomic E-state index is 0.388. The van der Waals surface area contributed by atoms with Crippen LogP contribution >= 0.6 is 0 Å². The Hall–Kier alpha value is -0.0400. The van der Waals surface area contributed by atoms with Crippen LogP contribution in [-0.2, 0) is 4.74 Å². The highest BCUT2D eigenvalue weighted by molar-refractivity contribution is 4.56. The Bertz CT molecular complexity index is 97.2. The molecule has 0 aromatic carbocycles. The zero-order valence-electron chi connectivity index (χ0n) is 9.26. The SMILES string of the molecule is CC(C)OCCCC(C)C(C)C. The van der Waals surface area contributed by atoms with E-state index in [0.29, 0.717) is 6.10 Å². The summed E-state index contributed by atoms with van der Waals surface area (Å²) in [6.45, 7) is 12.0. The van der Waals surface area contributed by atoms with Crippen molar-refractivity contribution in [1.82, 2.24) is 0 Å². The summed E-state index contributed by atoms with van der Waals surface area (Å²) < 4.78 is 5.47. The maximum Gasteiger partial charge on any atom is 0.0518 e. The second kappa shape index (κ2) is 6.47. The highest BCUT2D eigenvalue weighted by Gasteiger charge is 2.06. The fourth-order valence-electron chi connectivity index (χ4n) is 1.06. The monoisotopic (exact) mass is 172 g/mol. The number of rotatable bonds is 6. The molecule has 0 rings (SSSR count). The highest BCUT2D eigenvalue weighted by atomic mass is 16.5. The molecule has 1 nitrogen and oxygen atoms in total. The summed E-state index contributed by atoms with van der Waals surface area (Å²) in [5.41, 5.74) is 0. The summed E-state index contributed by atoms with van der Waals surface area (Å²) in [6.07, 6.45) is 2.89. The largest absolute Gasteiger partial charge is 0.379 e. The average Bonchev–Trinajstić information content (AvgIpc) is 1.97. The zero-order chi connectivity index (χ0) is 9.56. The fraction of sp³-hybridized carbons (Fsp3) is 1.00. The van der Waals surface area contributed by atoms with Crippen molar-refractivity contribution in [3.05, 3.63) is 0 Å². The van der Waals surface area contributed by atoms with E-state index >= 15 is 0 Å². The minimum absolute atomic E-state index is 0.388. The lowest BCUT2D eigenvalue weighted by Gasteiger charge is -2.15. The van der Waals surface area contributed by atoms with Gasteiger partial charge >= 0.3 is 0 Å². The van der Waals surface area contributed by atoms with Gasteiger partial charge in [-0.1, -0.05) is 20.8 Å². The van der Waals surface area contributed by atoms with Crippen LogP contribution < -0.4 is 0 Å². The molecule has 0 heterocycles. The van der Waals surface area contributed by atoms with Crippen LogP contribution in [0.5, 0.6) is 0 Å². The predicted octanol–water partition coefficient (Wildman–Crippen LogP) is 3.48. The van der Waals surface area contributed by atoms with Crippen molar-refractivity contribution in [3.8, 4) is 0 Å². The van der Waals surface area contributed by atoms with Crippen molar-refractivity contribution in [2.75, 3.05) is 6.61 Å². The van der Waals surface area contributed by atoms with E-state index in [0.717, 1.165) is 18.4 Å². The van der Waals surface area contributed by atoms with Crippen molar-refractivity contribution < 1.29 is 4.74 Å². The Morgan fingerprint density at radius 1 is 1.00 bits per heavy atom. The molecule has 12 heavy (non-hydrogen) atoms. The van der Waals surface area contributed by atoms with Gasteiger partial charge in [0.25, 0.3) is 0 Å². The lowest BCUT2D eigenvalue weighted by atomic mass is 9.93. The molecule has 0 saturated carbocycles. The van der Waals surface area contributed by atoms with Crippen LogP contribution in [0.25, 0.3) is 0 Å². The third-order valence-corrected chi connectivity index (χ3v) is 2.39. The molecular weight excluding hydrogens is 148 g/mol. The third-order valence-electron chi connectivity index (χ3n) is 2.39. The molecule has 0 spiro atoms. The summed E-state index contributed by atoms with van der Waals surface area (Å²) in [6, 6.07) is 0. The maximum absolute atomic E-state index is 5.47. The van der Waals surface area contributed by atoms with Crippen LogP contribution in [0.4, 0.5) is 0 Å². The molecule has 1 heteroatoms. The van der Waals surface area contributed by atoms with Crippen LogP contribution in [0.15, 0.2) is 0 Å². The summed E-state index contributed by atoms with van der Waals surface area (Å²) in [4.78, 5) is 0. The van der Waals surface area contributed by atoms with Gasteiger partial charge in [0.15, 0.2) is 0 Å². The molecule has 0 N–H and O–H groups in total. The Morgan fingerprint density at radius 3 is 2.00 bits per heavy atom. The number of ether oxygens (including phenoxy) is 1. The van der Waals surface area contributed by atoms with E-state index in [1.165, 1.54) is 12.8 Å². The molecule has 0 aliphatic carbocycles. The number of hydrogen-bond acceptors (Lipinski definition) is 1.